The molecule has 0 bridgehead atoms. The average Bonchev–Trinajstić information content (AvgIpc) is 3.53. The molecule has 1 aliphatic rings. The molecule has 2 aromatic carbocycles. The van der Waals surface area contributed by atoms with Gasteiger partial charge in [-0.05, 0) is 57.1 Å². The standard InChI is InChI=1S/C25H25N3O4/c1-15-24(25(29)28-16-3-4-16)20-8-6-18(14-23(20)31-15)32-22-9-10-27-21-13-17(5-7-19(21)22)30-12-11-26-2/h5-10,13-14,16,26H,3-4,11-12H2,1-2H3,(H,28,29). The number of pyridine rings is 1. The number of ether oxygens (including phenoxy) is 2. The maximum absolute atomic E-state index is 12.6. The van der Waals surface area contributed by atoms with E-state index in [-0.39, 0.29) is 5.91 Å². The van der Waals surface area contributed by atoms with Crippen molar-refractivity contribution in [3.8, 4) is 17.2 Å². The summed E-state index contributed by atoms with van der Waals surface area (Å²) < 4.78 is 17.8. The van der Waals surface area contributed by atoms with Crippen molar-refractivity contribution < 1.29 is 18.7 Å². The van der Waals surface area contributed by atoms with Gasteiger partial charge in [-0.1, -0.05) is 0 Å². The summed E-state index contributed by atoms with van der Waals surface area (Å²) in [6.07, 6.45) is 3.80. The quantitative estimate of drug-likeness (QED) is 0.398. The highest BCUT2D eigenvalue weighted by Gasteiger charge is 2.27. The van der Waals surface area contributed by atoms with Gasteiger partial charge in [-0.15, -0.1) is 0 Å². The Morgan fingerprint density at radius 3 is 2.75 bits per heavy atom. The number of nitrogens with one attached hydrogen (secondary N) is 2. The Morgan fingerprint density at radius 2 is 1.94 bits per heavy atom. The van der Waals surface area contributed by atoms with Gasteiger partial charge in [0, 0.05) is 41.7 Å². The van der Waals surface area contributed by atoms with E-state index in [1.165, 1.54) is 0 Å². The molecule has 4 aromatic rings. The van der Waals surface area contributed by atoms with Gasteiger partial charge in [-0.3, -0.25) is 9.78 Å². The molecule has 2 heterocycles. The summed E-state index contributed by atoms with van der Waals surface area (Å²) in [5.41, 5.74) is 2.01. The number of likely N-dealkylation sites (N-methyl/N-ethyl adjacent to an activating group) is 1. The van der Waals surface area contributed by atoms with Crippen molar-refractivity contribution in [3.05, 3.63) is 60.0 Å². The fourth-order valence-corrected chi connectivity index (χ4v) is 3.71. The number of amides is 1. The minimum atomic E-state index is -0.0784. The number of rotatable bonds is 8. The summed E-state index contributed by atoms with van der Waals surface area (Å²) in [4.78, 5) is 17.0. The smallest absolute Gasteiger partial charge is 0.255 e. The lowest BCUT2D eigenvalue weighted by molar-refractivity contribution is 0.0951. The zero-order chi connectivity index (χ0) is 22.1. The van der Waals surface area contributed by atoms with Crippen molar-refractivity contribution in [2.75, 3.05) is 20.2 Å². The third kappa shape index (κ3) is 4.11. The molecule has 164 valence electrons. The lowest BCUT2D eigenvalue weighted by atomic mass is 10.1. The van der Waals surface area contributed by atoms with Crippen molar-refractivity contribution >= 4 is 27.8 Å². The summed E-state index contributed by atoms with van der Waals surface area (Å²) in [5.74, 6) is 2.61. The van der Waals surface area contributed by atoms with Crippen LogP contribution in [0.1, 0.15) is 29.0 Å². The highest BCUT2D eigenvalue weighted by atomic mass is 16.5. The molecule has 0 atom stereocenters. The molecular formula is C25H25N3O4. The lowest BCUT2D eigenvalue weighted by Crippen LogP contribution is -2.25. The van der Waals surface area contributed by atoms with Crippen LogP contribution in [0.2, 0.25) is 0 Å². The number of aromatic nitrogens is 1. The van der Waals surface area contributed by atoms with Crippen LogP contribution >= 0.6 is 0 Å². The Hall–Kier alpha value is -3.58. The van der Waals surface area contributed by atoms with Gasteiger partial charge in [-0.2, -0.15) is 0 Å². The Labute approximate surface area is 185 Å². The van der Waals surface area contributed by atoms with Crippen molar-refractivity contribution in [2.24, 2.45) is 0 Å². The van der Waals surface area contributed by atoms with Crippen LogP contribution in [0.3, 0.4) is 0 Å². The topological polar surface area (TPSA) is 85.6 Å². The van der Waals surface area contributed by atoms with E-state index in [1.807, 2.05) is 56.4 Å². The minimum absolute atomic E-state index is 0.0784. The van der Waals surface area contributed by atoms with Gasteiger partial charge >= 0.3 is 0 Å². The van der Waals surface area contributed by atoms with Crippen molar-refractivity contribution in [1.29, 1.82) is 0 Å². The highest BCUT2D eigenvalue weighted by molar-refractivity contribution is 6.07. The van der Waals surface area contributed by atoms with E-state index in [2.05, 4.69) is 15.6 Å². The van der Waals surface area contributed by atoms with E-state index in [1.54, 1.807) is 6.20 Å². The fourth-order valence-electron chi connectivity index (χ4n) is 3.71. The van der Waals surface area contributed by atoms with Crippen molar-refractivity contribution in [3.63, 3.8) is 0 Å². The van der Waals surface area contributed by atoms with Crippen LogP contribution in [0.25, 0.3) is 21.9 Å². The molecule has 0 aliphatic heterocycles. The van der Waals surface area contributed by atoms with E-state index < -0.39 is 0 Å². The first-order valence-corrected chi connectivity index (χ1v) is 10.8. The first kappa shape index (κ1) is 20.3. The van der Waals surface area contributed by atoms with Crippen LogP contribution in [0, 0.1) is 6.92 Å². The fraction of sp³-hybridized carbons (Fsp3) is 0.280. The number of hydrogen-bond acceptors (Lipinski definition) is 6. The largest absolute Gasteiger partial charge is 0.492 e. The van der Waals surface area contributed by atoms with Gasteiger partial charge < -0.3 is 24.5 Å². The number of hydrogen-bond donors (Lipinski definition) is 2. The molecule has 0 saturated heterocycles. The lowest BCUT2D eigenvalue weighted by Gasteiger charge is -2.10. The average molecular weight is 431 g/mol. The first-order valence-electron chi connectivity index (χ1n) is 10.8. The number of furan rings is 1. The third-order valence-electron chi connectivity index (χ3n) is 5.50. The van der Waals surface area contributed by atoms with E-state index in [0.29, 0.717) is 41.1 Å². The molecule has 2 N–H and O–H groups in total. The molecule has 1 fully saturated rings. The molecular weight excluding hydrogens is 406 g/mol. The van der Waals surface area contributed by atoms with E-state index >= 15 is 0 Å². The summed E-state index contributed by atoms with van der Waals surface area (Å²) in [5, 5.41) is 7.76. The molecule has 0 spiro atoms. The molecule has 32 heavy (non-hydrogen) atoms. The van der Waals surface area contributed by atoms with Crippen LogP contribution in [-0.4, -0.2) is 37.1 Å². The first-order chi connectivity index (χ1) is 15.6. The maximum atomic E-state index is 12.6. The molecule has 7 heteroatoms. The van der Waals surface area contributed by atoms with E-state index in [9.17, 15) is 4.79 Å². The molecule has 5 rings (SSSR count). The number of nitrogens with zero attached hydrogens (tertiary/aromatic N) is 1. The van der Waals surface area contributed by atoms with Gasteiger partial charge in [0.1, 0.15) is 35.2 Å². The Bertz CT molecular complexity index is 1290. The molecule has 0 unspecified atom stereocenters. The second-order valence-electron chi connectivity index (χ2n) is 7.98. The summed E-state index contributed by atoms with van der Waals surface area (Å²) in [7, 11) is 1.89. The molecule has 2 aromatic heterocycles. The zero-order valence-corrected chi connectivity index (χ0v) is 18.1. The Kier molecular flexibility index (Phi) is 5.41. The van der Waals surface area contributed by atoms with Crippen LogP contribution in [-0.2, 0) is 0 Å². The number of benzene rings is 2. The van der Waals surface area contributed by atoms with E-state index in [0.717, 1.165) is 41.4 Å². The summed E-state index contributed by atoms with van der Waals surface area (Å²) >= 11 is 0. The number of aryl methyl sites for hydroxylation is 1. The monoisotopic (exact) mass is 431 g/mol. The predicted octanol–water partition coefficient (Wildman–Crippen LogP) is 4.57. The van der Waals surface area contributed by atoms with Crippen LogP contribution < -0.4 is 20.1 Å². The maximum Gasteiger partial charge on any atom is 0.255 e. The molecule has 7 nitrogen and oxygen atoms in total. The van der Waals surface area contributed by atoms with Gasteiger partial charge in [0.15, 0.2) is 0 Å². The molecule has 1 amide bonds. The number of carbonyl (C=O) groups is 1. The summed E-state index contributed by atoms with van der Waals surface area (Å²) in [6, 6.07) is 13.4. The van der Waals surface area contributed by atoms with Gasteiger partial charge in [0.05, 0.1) is 11.1 Å². The Morgan fingerprint density at radius 1 is 1.12 bits per heavy atom. The number of fused-ring (bicyclic) bond motifs is 2. The second-order valence-corrected chi connectivity index (χ2v) is 7.98. The van der Waals surface area contributed by atoms with Crippen molar-refractivity contribution in [2.45, 2.75) is 25.8 Å². The summed E-state index contributed by atoms with van der Waals surface area (Å²) in [6.45, 7) is 3.17. The van der Waals surface area contributed by atoms with Gasteiger partial charge in [0.2, 0.25) is 0 Å². The highest BCUT2D eigenvalue weighted by Crippen LogP contribution is 2.34. The Balaban J connectivity index is 1.40. The number of carbonyl (C=O) groups excluding carboxylic acids is 1. The zero-order valence-electron chi connectivity index (χ0n) is 18.1. The predicted molar refractivity (Wildman–Crippen MR) is 123 cm³/mol. The van der Waals surface area contributed by atoms with Crippen molar-refractivity contribution in [1.82, 2.24) is 15.6 Å². The van der Waals surface area contributed by atoms with Gasteiger partial charge in [0.25, 0.3) is 5.91 Å². The second kappa shape index (κ2) is 8.51. The third-order valence-corrected chi connectivity index (χ3v) is 5.50. The van der Waals surface area contributed by atoms with Crippen LogP contribution in [0.5, 0.6) is 17.2 Å². The van der Waals surface area contributed by atoms with Gasteiger partial charge in [-0.25, -0.2) is 0 Å². The molecule has 1 aliphatic carbocycles. The molecule has 1 saturated carbocycles. The van der Waals surface area contributed by atoms with Crippen LogP contribution in [0.15, 0.2) is 53.1 Å². The van der Waals surface area contributed by atoms with E-state index in [4.69, 9.17) is 13.9 Å². The molecule has 0 radical (unpaired) electrons. The van der Waals surface area contributed by atoms with Crippen LogP contribution in [0.4, 0.5) is 0 Å². The minimum Gasteiger partial charge on any atom is -0.492 e. The SMILES string of the molecule is CNCCOc1ccc2c(Oc3ccc4c(C(=O)NC5CC5)c(C)oc4c3)ccnc2c1. The normalized spacial score (nSPS) is 13.4.